The largest absolute Gasteiger partial charge is 0.495 e. The Hall–Kier alpha value is -4.01. The number of anilines is 1. The summed E-state index contributed by atoms with van der Waals surface area (Å²) < 4.78 is 16.2. The molecule has 0 spiro atoms. The molecule has 3 rings (SSSR count). The highest BCUT2D eigenvalue weighted by molar-refractivity contribution is 6.16. The number of imide groups is 1. The van der Waals surface area contributed by atoms with Crippen molar-refractivity contribution in [3.05, 3.63) is 53.7 Å². The molecule has 32 heavy (non-hydrogen) atoms. The Morgan fingerprint density at radius 1 is 1.06 bits per heavy atom. The summed E-state index contributed by atoms with van der Waals surface area (Å²) >= 11 is 0. The van der Waals surface area contributed by atoms with Crippen LogP contribution in [0.1, 0.15) is 19.4 Å². The number of amides is 4. The number of para-hydroxylation sites is 2. The molecule has 9 heteroatoms. The minimum atomic E-state index is -0.678. The Kier molecular flexibility index (Phi) is 6.99. The number of carbonyl (C=O) groups is 3. The summed E-state index contributed by atoms with van der Waals surface area (Å²) in [7, 11) is 3.00. The van der Waals surface area contributed by atoms with Crippen LogP contribution in [0.4, 0.5) is 10.5 Å². The number of rotatable bonds is 8. The molecule has 2 N–H and O–H groups in total. The third-order valence-corrected chi connectivity index (χ3v) is 4.51. The van der Waals surface area contributed by atoms with E-state index in [2.05, 4.69) is 10.6 Å². The smallest absolute Gasteiger partial charge is 0.329 e. The zero-order valence-corrected chi connectivity index (χ0v) is 18.3. The maximum Gasteiger partial charge on any atom is 0.329 e. The van der Waals surface area contributed by atoms with Crippen molar-refractivity contribution >= 4 is 29.6 Å². The molecule has 0 saturated carbocycles. The van der Waals surface area contributed by atoms with E-state index in [1.54, 1.807) is 42.5 Å². The first-order valence-corrected chi connectivity index (χ1v) is 9.94. The van der Waals surface area contributed by atoms with E-state index in [0.29, 0.717) is 28.5 Å². The van der Waals surface area contributed by atoms with E-state index in [1.165, 1.54) is 20.3 Å². The Morgan fingerprint density at radius 3 is 2.47 bits per heavy atom. The molecule has 0 unspecified atom stereocenters. The first-order valence-electron chi connectivity index (χ1n) is 9.94. The number of hydrogen-bond donors (Lipinski definition) is 2. The third kappa shape index (κ3) is 5.18. The SMILES string of the molecule is COc1ccccc1NC(=O)CN1C(=O)N/C(=C/c2ccc(OC(C)C)c(OC)c2)C1=O. The van der Waals surface area contributed by atoms with Crippen molar-refractivity contribution in [2.75, 3.05) is 26.1 Å². The summed E-state index contributed by atoms with van der Waals surface area (Å²) in [6, 6.07) is 11.3. The number of ether oxygens (including phenoxy) is 3. The van der Waals surface area contributed by atoms with Gasteiger partial charge in [0.25, 0.3) is 5.91 Å². The maximum atomic E-state index is 12.7. The Morgan fingerprint density at radius 2 is 1.78 bits per heavy atom. The van der Waals surface area contributed by atoms with Gasteiger partial charge in [0.05, 0.1) is 26.0 Å². The third-order valence-electron chi connectivity index (χ3n) is 4.51. The fourth-order valence-electron chi connectivity index (χ4n) is 3.09. The summed E-state index contributed by atoms with van der Waals surface area (Å²) in [5.74, 6) is 0.402. The fourth-order valence-corrected chi connectivity index (χ4v) is 3.09. The predicted octanol–water partition coefficient (Wildman–Crippen LogP) is 3.02. The van der Waals surface area contributed by atoms with Crippen LogP contribution in [0.15, 0.2) is 48.2 Å². The average Bonchev–Trinajstić information content (AvgIpc) is 3.02. The molecule has 1 heterocycles. The summed E-state index contributed by atoms with van der Waals surface area (Å²) in [6.45, 7) is 3.37. The van der Waals surface area contributed by atoms with Gasteiger partial charge in [-0.05, 0) is 49.8 Å². The summed E-state index contributed by atoms with van der Waals surface area (Å²) in [6.07, 6.45) is 1.49. The van der Waals surface area contributed by atoms with E-state index in [0.717, 1.165) is 4.90 Å². The quantitative estimate of drug-likeness (QED) is 0.484. The average molecular weight is 439 g/mol. The maximum absolute atomic E-state index is 12.7. The number of benzene rings is 2. The molecule has 0 bridgehead atoms. The molecular formula is C23H25N3O6. The van der Waals surface area contributed by atoms with Gasteiger partial charge in [0.2, 0.25) is 5.91 Å². The number of nitrogens with zero attached hydrogens (tertiary/aromatic N) is 1. The topological polar surface area (TPSA) is 106 Å². The highest BCUT2D eigenvalue weighted by Crippen LogP contribution is 2.30. The lowest BCUT2D eigenvalue weighted by Gasteiger charge is -2.14. The lowest BCUT2D eigenvalue weighted by molar-refractivity contribution is -0.127. The summed E-state index contributed by atoms with van der Waals surface area (Å²) in [5.41, 5.74) is 1.13. The van der Waals surface area contributed by atoms with Crippen LogP contribution >= 0.6 is 0 Å². The Bertz CT molecular complexity index is 1060. The molecule has 1 saturated heterocycles. The van der Waals surface area contributed by atoms with Crippen LogP contribution in [0.3, 0.4) is 0 Å². The van der Waals surface area contributed by atoms with Gasteiger partial charge in [0.1, 0.15) is 18.0 Å². The molecule has 0 radical (unpaired) electrons. The van der Waals surface area contributed by atoms with E-state index < -0.39 is 24.4 Å². The second kappa shape index (κ2) is 9.86. The standard InChI is InChI=1S/C23H25N3O6/c1-14(2)32-19-10-9-15(12-20(19)31-4)11-17-22(28)26(23(29)25-17)13-21(27)24-16-7-5-6-8-18(16)30-3/h5-12,14H,13H2,1-4H3,(H,24,27)(H,25,29)/b17-11+. The van der Waals surface area contributed by atoms with E-state index in [9.17, 15) is 14.4 Å². The molecule has 1 fully saturated rings. The number of nitrogens with one attached hydrogen (secondary N) is 2. The van der Waals surface area contributed by atoms with Gasteiger partial charge in [0, 0.05) is 0 Å². The Balaban J connectivity index is 1.73. The van der Waals surface area contributed by atoms with Crippen molar-refractivity contribution in [1.29, 1.82) is 0 Å². The lowest BCUT2D eigenvalue weighted by Crippen LogP contribution is -2.38. The van der Waals surface area contributed by atoms with Crippen LogP contribution in [0, 0.1) is 0 Å². The van der Waals surface area contributed by atoms with Crippen molar-refractivity contribution < 1.29 is 28.6 Å². The molecule has 2 aromatic rings. The second-order valence-electron chi connectivity index (χ2n) is 7.20. The molecule has 4 amide bonds. The monoisotopic (exact) mass is 439 g/mol. The van der Waals surface area contributed by atoms with Crippen LogP contribution in [-0.4, -0.2) is 49.6 Å². The van der Waals surface area contributed by atoms with E-state index in [4.69, 9.17) is 14.2 Å². The fraction of sp³-hybridized carbons (Fsp3) is 0.261. The zero-order valence-electron chi connectivity index (χ0n) is 18.3. The van der Waals surface area contributed by atoms with Gasteiger partial charge in [-0.3, -0.25) is 9.59 Å². The number of carbonyl (C=O) groups excluding carboxylic acids is 3. The van der Waals surface area contributed by atoms with Gasteiger partial charge >= 0.3 is 6.03 Å². The predicted molar refractivity (Wildman–Crippen MR) is 119 cm³/mol. The normalized spacial score (nSPS) is 14.5. The van der Waals surface area contributed by atoms with Crippen LogP contribution in [0.5, 0.6) is 17.2 Å². The van der Waals surface area contributed by atoms with E-state index in [-0.39, 0.29) is 11.8 Å². The minimum Gasteiger partial charge on any atom is -0.495 e. The van der Waals surface area contributed by atoms with Gasteiger partial charge in [0.15, 0.2) is 11.5 Å². The van der Waals surface area contributed by atoms with Crippen LogP contribution in [0.25, 0.3) is 6.08 Å². The van der Waals surface area contributed by atoms with E-state index >= 15 is 0 Å². The molecule has 0 aromatic heterocycles. The number of methoxy groups -OCH3 is 2. The van der Waals surface area contributed by atoms with Gasteiger partial charge in [-0.2, -0.15) is 0 Å². The van der Waals surface area contributed by atoms with Gasteiger partial charge in [-0.15, -0.1) is 0 Å². The molecule has 168 valence electrons. The van der Waals surface area contributed by atoms with Crippen LogP contribution in [-0.2, 0) is 9.59 Å². The molecule has 1 aliphatic rings. The van der Waals surface area contributed by atoms with Gasteiger partial charge in [-0.25, -0.2) is 9.69 Å². The number of hydrogen-bond acceptors (Lipinski definition) is 6. The summed E-state index contributed by atoms with van der Waals surface area (Å²) in [4.78, 5) is 38.3. The van der Waals surface area contributed by atoms with Crippen molar-refractivity contribution in [2.24, 2.45) is 0 Å². The zero-order chi connectivity index (χ0) is 23.3. The summed E-state index contributed by atoms with van der Waals surface area (Å²) in [5, 5.41) is 5.14. The van der Waals surface area contributed by atoms with Crippen molar-refractivity contribution in [1.82, 2.24) is 10.2 Å². The van der Waals surface area contributed by atoms with Gasteiger partial charge < -0.3 is 24.8 Å². The highest BCUT2D eigenvalue weighted by Gasteiger charge is 2.35. The van der Waals surface area contributed by atoms with Crippen LogP contribution in [0.2, 0.25) is 0 Å². The lowest BCUT2D eigenvalue weighted by atomic mass is 10.1. The van der Waals surface area contributed by atoms with E-state index in [1.807, 2.05) is 13.8 Å². The molecule has 0 atom stereocenters. The minimum absolute atomic E-state index is 0.0284. The molecule has 2 aromatic carbocycles. The molecule has 1 aliphatic heterocycles. The Labute approximate surface area is 185 Å². The first kappa shape index (κ1) is 22.7. The number of urea groups is 1. The molecular weight excluding hydrogens is 414 g/mol. The van der Waals surface area contributed by atoms with Crippen molar-refractivity contribution in [3.8, 4) is 17.2 Å². The van der Waals surface area contributed by atoms with Gasteiger partial charge in [-0.1, -0.05) is 18.2 Å². The van der Waals surface area contributed by atoms with Crippen molar-refractivity contribution in [3.63, 3.8) is 0 Å². The molecule has 0 aliphatic carbocycles. The second-order valence-corrected chi connectivity index (χ2v) is 7.20. The first-order chi connectivity index (χ1) is 15.3. The highest BCUT2D eigenvalue weighted by atomic mass is 16.5. The van der Waals surface area contributed by atoms with Crippen molar-refractivity contribution in [2.45, 2.75) is 20.0 Å². The molecule has 9 nitrogen and oxygen atoms in total. The van der Waals surface area contributed by atoms with Crippen LogP contribution < -0.4 is 24.8 Å².